The number of non-ortho nitro benzene ring substituents is 1. The molecule has 4 rings (SSSR count). The molecule has 1 fully saturated rings. The number of nitro groups is 2. The summed E-state index contributed by atoms with van der Waals surface area (Å²) < 4.78 is 0. The monoisotopic (exact) mass is 338 g/mol. The van der Waals surface area contributed by atoms with E-state index in [0.717, 1.165) is 0 Å². The largest absolute Gasteiger partial charge is 0.293 e. The van der Waals surface area contributed by atoms with Crippen LogP contribution in [0.25, 0.3) is 0 Å². The van der Waals surface area contributed by atoms with Crippen molar-refractivity contribution in [2.75, 3.05) is 0 Å². The third-order valence-corrected chi connectivity index (χ3v) is 5.00. The van der Waals surface area contributed by atoms with Crippen molar-refractivity contribution in [1.82, 2.24) is 0 Å². The predicted molar refractivity (Wildman–Crippen MR) is 84.2 cm³/mol. The Morgan fingerprint density at radius 1 is 0.880 bits per heavy atom. The van der Waals surface area contributed by atoms with Crippen molar-refractivity contribution in [3.63, 3.8) is 0 Å². The number of carbonyl (C=O) groups excluding carboxylic acids is 2. The molecule has 8 heteroatoms. The molecule has 2 aromatic carbocycles. The maximum atomic E-state index is 12.8. The third-order valence-electron chi connectivity index (χ3n) is 5.00. The second-order valence-corrected chi connectivity index (χ2v) is 6.13. The number of hydrogen-bond donors (Lipinski definition) is 0. The van der Waals surface area contributed by atoms with Crippen LogP contribution in [-0.4, -0.2) is 27.5 Å². The molecule has 0 amide bonds. The normalized spacial score (nSPS) is 22.7. The highest BCUT2D eigenvalue weighted by Gasteiger charge is 2.84. The molecule has 0 saturated heterocycles. The molecule has 8 nitrogen and oxygen atoms in total. The van der Waals surface area contributed by atoms with Gasteiger partial charge in [0.2, 0.25) is 6.04 Å². The zero-order valence-electron chi connectivity index (χ0n) is 12.6. The van der Waals surface area contributed by atoms with Gasteiger partial charge in [0, 0.05) is 28.2 Å². The lowest BCUT2D eigenvalue weighted by molar-refractivity contribution is -0.500. The fourth-order valence-corrected chi connectivity index (χ4v) is 3.91. The van der Waals surface area contributed by atoms with Gasteiger partial charge >= 0.3 is 0 Å². The second kappa shape index (κ2) is 4.79. The maximum absolute atomic E-state index is 12.8. The highest BCUT2D eigenvalue weighted by molar-refractivity contribution is 6.33. The predicted octanol–water partition coefficient (Wildman–Crippen LogP) is 2.40. The van der Waals surface area contributed by atoms with Crippen LogP contribution < -0.4 is 0 Å². The molecule has 2 atom stereocenters. The standard InChI is InChI=1S/C17H10N2O6/c20-15-11-6-1-2-7-12(11)16(21)17(15)13(14(17)19(24)25)9-4-3-5-10(8-9)18(22)23/h1-8,13-14H/t13-,14+/m1/s1. The molecule has 0 aromatic heterocycles. The lowest BCUT2D eigenvalue weighted by Gasteiger charge is -2.03. The molecule has 1 spiro atoms. The average Bonchev–Trinajstić information content (AvgIpc) is 3.27. The highest BCUT2D eigenvalue weighted by Crippen LogP contribution is 2.66. The van der Waals surface area contributed by atoms with E-state index in [-0.39, 0.29) is 22.4 Å². The number of nitro benzene ring substituents is 1. The molecule has 0 aliphatic heterocycles. The summed E-state index contributed by atoms with van der Waals surface area (Å²) in [6.07, 6.45) is 0. The Balaban J connectivity index is 1.87. The summed E-state index contributed by atoms with van der Waals surface area (Å²) >= 11 is 0. The first kappa shape index (κ1) is 15.1. The van der Waals surface area contributed by atoms with Crippen LogP contribution >= 0.6 is 0 Å². The zero-order chi connectivity index (χ0) is 17.9. The summed E-state index contributed by atoms with van der Waals surface area (Å²) in [5, 5.41) is 22.5. The van der Waals surface area contributed by atoms with Gasteiger partial charge in [-0.2, -0.15) is 0 Å². The Bertz CT molecular complexity index is 948. The Labute approximate surface area is 140 Å². The van der Waals surface area contributed by atoms with Crippen LogP contribution in [0, 0.1) is 25.6 Å². The van der Waals surface area contributed by atoms with Crippen molar-refractivity contribution >= 4 is 17.3 Å². The number of nitrogens with zero attached hydrogens (tertiary/aromatic N) is 2. The van der Waals surface area contributed by atoms with Gasteiger partial charge in [-0.1, -0.05) is 36.4 Å². The smallest absolute Gasteiger partial charge is 0.269 e. The number of fused-ring (bicyclic) bond motifs is 1. The summed E-state index contributed by atoms with van der Waals surface area (Å²) in [7, 11) is 0. The van der Waals surface area contributed by atoms with E-state index in [9.17, 15) is 29.8 Å². The van der Waals surface area contributed by atoms with E-state index < -0.39 is 38.8 Å². The first-order valence-corrected chi connectivity index (χ1v) is 7.47. The molecule has 0 heterocycles. The molecule has 0 unspecified atom stereocenters. The van der Waals surface area contributed by atoms with Gasteiger partial charge < -0.3 is 0 Å². The third kappa shape index (κ3) is 1.76. The number of ketones is 2. The van der Waals surface area contributed by atoms with Gasteiger partial charge in [-0.3, -0.25) is 29.8 Å². The van der Waals surface area contributed by atoms with Crippen molar-refractivity contribution in [2.24, 2.45) is 5.41 Å². The van der Waals surface area contributed by atoms with Crippen molar-refractivity contribution in [1.29, 1.82) is 0 Å². The summed E-state index contributed by atoms with van der Waals surface area (Å²) in [6, 6.07) is 10.0. The molecule has 1 saturated carbocycles. The van der Waals surface area contributed by atoms with E-state index in [2.05, 4.69) is 0 Å². The van der Waals surface area contributed by atoms with Gasteiger partial charge in [-0.05, 0) is 5.56 Å². The molecule has 124 valence electrons. The van der Waals surface area contributed by atoms with Gasteiger partial charge in [-0.25, -0.2) is 0 Å². The molecular weight excluding hydrogens is 328 g/mol. The Morgan fingerprint density at radius 3 is 2.00 bits per heavy atom. The first-order chi connectivity index (χ1) is 11.9. The minimum Gasteiger partial charge on any atom is -0.293 e. The number of Topliss-reactive ketones (excluding diaryl/α,β-unsaturated/α-hetero) is 2. The molecule has 0 N–H and O–H groups in total. The van der Waals surface area contributed by atoms with Crippen molar-refractivity contribution in [3.8, 4) is 0 Å². The summed E-state index contributed by atoms with van der Waals surface area (Å²) in [6.45, 7) is 0. The molecule has 0 bridgehead atoms. The minimum atomic E-state index is -1.79. The molecule has 0 radical (unpaired) electrons. The van der Waals surface area contributed by atoms with Crippen LogP contribution in [0.1, 0.15) is 32.2 Å². The number of hydrogen-bond acceptors (Lipinski definition) is 6. The van der Waals surface area contributed by atoms with Gasteiger partial charge in [0.25, 0.3) is 5.69 Å². The Morgan fingerprint density at radius 2 is 1.48 bits per heavy atom. The SMILES string of the molecule is O=C1c2ccccc2C(=O)C12[C@H](c1cccc([N+](=O)[O-])c1)[C@@H]2[N+](=O)[O-]. The van der Waals surface area contributed by atoms with E-state index in [1.54, 1.807) is 12.1 Å². The Kier molecular flexibility index (Phi) is 2.90. The van der Waals surface area contributed by atoms with Crippen molar-refractivity contribution < 1.29 is 19.4 Å². The average molecular weight is 338 g/mol. The lowest BCUT2D eigenvalue weighted by atomic mass is 9.93. The first-order valence-electron chi connectivity index (χ1n) is 7.47. The van der Waals surface area contributed by atoms with Crippen LogP contribution in [-0.2, 0) is 0 Å². The molecular formula is C17H10N2O6. The fraction of sp³-hybridized carbons (Fsp3) is 0.176. The van der Waals surface area contributed by atoms with E-state index in [1.807, 2.05) is 0 Å². The minimum absolute atomic E-state index is 0.173. The van der Waals surface area contributed by atoms with Gasteiger partial charge in [0.15, 0.2) is 17.0 Å². The van der Waals surface area contributed by atoms with Crippen LogP contribution in [0.5, 0.6) is 0 Å². The Hall–Kier alpha value is -3.42. The highest BCUT2D eigenvalue weighted by atomic mass is 16.6. The summed E-state index contributed by atoms with van der Waals surface area (Å²) in [5.74, 6) is -2.16. The lowest BCUT2D eigenvalue weighted by Crippen LogP contribution is -2.25. The van der Waals surface area contributed by atoms with E-state index in [0.29, 0.717) is 0 Å². The maximum Gasteiger partial charge on any atom is 0.269 e. The van der Waals surface area contributed by atoms with E-state index >= 15 is 0 Å². The summed E-state index contributed by atoms with van der Waals surface area (Å²) in [5.41, 5.74) is -1.43. The van der Waals surface area contributed by atoms with Crippen LogP contribution in [0.15, 0.2) is 48.5 Å². The molecule has 2 aromatic rings. The van der Waals surface area contributed by atoms with Crippen molar-refractivity contribution in [3.05, 3.63) is 85.4 Å². The molecule has 2 aliphatic carbocycles. The molecule has 2 aliphatic rings. The number of benzene rings is 2. The van der Waals surface area contributed by atoms with Gasteiger partial charge in [-0.15, -0.1) is 0 Å². The van der Waals surface area contributed by atoms with Crippen molar-refractivity contribution in [2.45, 2.75) is 12.0 Å². The fourth-order valence-electron chi connectivity index (χ4n) is 3.91. The van der Waals surface area contributed by atoms with Gasteiger partial charge in [0.1, 0.15) is 0 Å². The van der Waals surface area contributed by atoms with Crippen LogP contribution in [0.4, 0.5) is 5.69 Å². The van der Waals surface area contributed by atoms with E-state index in [4.69, 9.17) is 0 Å². The number of carbonyl (C=O) groups is 2. The van der Waals surface area contributed by atoms with E-state index in [1.165, 1.54) is 36.4 Å². The summed E-state index contributed by atoms with van der Waals surface area (Å²) in [4.78, 5) is 47.0. The quantitative estimate of drug-likeness (QED) is 0.481. The number of rotatable bonds is 3. The van der Waals surface area contributed by atoms with Crippen LogP contribution in [0.2, 0.25) is 0 Å². The molecule has 25 heavy (non-hydrogen) atoms. The zero-order valence-corrected chi connectivity index (χ0v) is 12.6. The van der Waals surface area contributed by atoms with Crippen LogP contribution in [0.3, 0.4) is 0 Å². The van der Waals surface area contributed by atoms with Gasteiger partial charge in [0.05, 0.1) is 10.8 Å². The second-order valence-electron chi connectivity index (χ2n) is 6.13. The topological polar surface area (TPSA) is 120 Å².